The minimum atomic E-state index is 0. The maximum absolute atomic E-state index is 5.21. The maximum Gasteiger partial charge on any atom is 0.145 e. The number of benzene rings is 6. The average Bonchev–Trinajstić information content (AvgIpc) is 3.81. The Balaban J connectivity index is 0.000000182. The van der Waals surface area contributed by atoms with E-state index in [1.165, 1.54) is 28.1 Å². The van der Waals surface area contributed by atoms with E-state index < -0.39 is 0 Å². The van der Waals surface area contributed by atoms with Crippen molar-refractivity contribution in [2.75, 3.05) is 19.6 Å². The summed E-state index contributed by atoms with van der Waals surface area (Å²) in [5.41, 5.74) is 11.2. The van der Waals surface area contributed by atoms with Gasteiger partial charge in [0.15, 0.2) is 0 Å². The first kappa shape index (κ1) is 37.6. The molecule has 6 aromatic carbocycles. The van der Waals surface area contributed by atoms with Crippen molar-refractivity contribution >= 4 is 45.8 Å². The van der Waals surface area contributed by atoms with Gasteiger partial charge in [-0.3, -0.25) is 0 Å². The zero-order valence-corrected chi connectivity index (χ0v) is 33.7. The van der Waals surface area contributed by atoms with Crippen LogP contribution in [0.2, 0.25) is 0 Å². The number of rotatable bonds is 7. The molecule has 9 rings (SSSR count). The molecule has 1 aromatic heterocycles. The zero-order chi connectivity index (χ0) is 37.0. The molecule has 0 saturated carbocycles. The van der Waals surface area contributed by atoms with Gasteiger partial charge >= 0.3 is 0 Å². The van der Waals surface area contributed by atoms with Gasteiger partial charge in [-0.15, -0.1) is 24.7 Å². The molecule has 0 N–H and O–H groups in total. The summed E-state index contributed by atoms with van der Waals surface area (Å²) < 4.78 is 0. The summed E-state index contributed by atoms with van der Waals surface area (Å²) in [6.07, 6.45) is 1.92. The second kappa shape index (κ2) is 16.7. The third kappa shape index (κ3) is 7.64. The summed E-state index contributed by atoms with van der Waals surface area (Å²) in [4.78, 5) is 18.7. The Morgan fingerprint density at radius 3 is 1.53 bits per heavy atom. The third-order valence-electron chi connectivity index (χ3n) is 9.66. The molecule has 6 nitrogen and oxygen atoms in total. The Labute approximate surface area is 339 Å². The molecule has 0 spiro atoms. The smallest absolute Gasteiger partial charge is 0.145 e. The summed E-state index contributed by atoms with van der Waals surface area (Å²) in [6.45, 7) is 13.1. The average molecular weight is 895 g/mol. The maximum atomic E-state index is 5.21. The SMILES string of the molecule is CC(C)c1cccc(C(C)C)c1-c1cnc2c(n1)N(c1[c-]cccc1)[CH-]N2c1ccccc1.[Ir].[c-]1ccccc1N1[CH-]N(c2ccccc2)c2ccccc21. The predicted molar refractivity (Wildman–Crippen MR) is 223 cm³/mol. The number of hydrogen-bond acceptors (Lipinski definition) is 6. The van der Waals surface area contributed by atoms with Gasteiger partial charge in [0.2, 0.25) is 0 Å². The van der Waals surface area contributed by atoms with E-state index in [4.69, 9.17) is 9.97 Å². The molecule has 3 heterocycles. The van der Waals surface area contributed by atoms with Crippen molar-refractivity contribution in [1.29, 1.82) is 0 Å². The second-order valence-electron chi connectivity index (χ2n) is 13.9. The fourth-order valence-corrected chi connectivity index (χ4v) is 7.02. The van der Waals surface area contributed by atoms with Gasteiger partial charge in [0.25, 0.3) is 0 Å². The summed E-state index contributed by atoms with van der Waals surface area (Å²) in [5.74, 6) is 2.40. The molecule has 277 valence electrons. The van der Waals surface area contributed by atoms with Crippen molar-refractivity contribution in [2.24, 2.45) is 0 Å². The van der Waals surface area contributed by atoms with Crippen molar-refractivity contribution in [1.82, 2.24) is 9.97 Å². The number of hydrogen-bond donors (Lipinski definition) is 0. The molecule has 55 heavy (non-hydrogen) atoms. The van der Waals surface area contributed by atoms with Crippen LogP contribution < -0.4 is 19.6 Å². The van der Waals surface area contributed by atoms with Crippen molar-refractivity contribution in [3.8, 4) is 11.3 Å². The van der Waals surface area contributed by atoms with Crippen LogP contribution >= 0.6 is 0 Å². The topological polar surface area (TPSA) is 38.7 Å². The fraction of sp³-hybridized carbons (Fsp3) is 0.125. The van der Waals surface area contributed by atoms with Crippen molar-refractivity contribution in [3.05, 3.63) is 194 Å². The standard InChI is InChI=1S/C29H28N4.C19H14N2.Ir/c1-20(2)24-16-11-17-25(21(3)4)27(24)26-18-30-28-29(31-26)33(23-14-9-6-10-15-23)19-32(28)22-12-7-5-8-13-22;1-3-9-16(10-4-1)20-15-21(17-11-5-2-6-12-17)19-14-8-7-13-18(19)20;/h5-14,16-21H,1-4H3;1-11,13-15H;/q2*-2;. The van der Waals surface area contributed by atoms with Crippen LogP contribution in [0.5, 0.6) is 0 Å². The molecule has 0 fully saturated rings. The molecule has 0 amide bonds. The molecule has 7 heteroatoms. The second-order valence-corrected chi connectivity index (χ2v) is 13.9. The molecular weight excluding hydrogens is 853 g/mol. The zero-order valence-electron chi connectivity index (χ0n) is 31.3. The van der Waals surface area contributed by atoms with Gasteiger partial charge in [-0.2, -0.15) is 60.7 Å². The van der Waals surface area contributed by atoms with Crippen molar-refractivity contribution in [3.63, 3.8) is 0 Å². The van der Waals surface area contributed by atoms with Crippen LogP contribution in [0.15, 0.2) is 158 Å². The molecule has 0 aliphatic carbocycles. The summed E-state index contributed by atoms with van der Waals surface area (Å²) >= 11 is 0. The fourth-order valence-electron chi connectivity index (χ4n) is 7.02. The van der Waals surface area contributed by atoms with Gasteiger partial charge < -0.3 is 19.6 Å². The monoisotopic (exact) mass is 895 g/mol. The van der Waals surface area contributed by atoms with Crippen LogP contribution in [0.3, 0.4) is 0 Å². The molecule has 2 aliphatic rings. The molecule has 0 bridgehead atoms. The molecule has 0 saturated heterocycles. The number of aromatic nitrogens is 2. The van der Waals surface area contributed by atoms with Crippen LogP contribution in [0.4, 0.5) is 45.8 Å². The van der Waals surface area contributed by atoms with Crippen LogP contribution in [-0.2, 0) is 20.1 Å². The first-order valence-corrected chi connectivity index (χ1v) is 18.5. The van der Waals surface area contributed by atoms with Gasteiger partial charge in [0.1, 0.15) is 11.6 Å². The number of anilines is 8. The van der Waals surface area contributed by atoms with Gasteiger partial charge in [-0.05, 0) is 59.4 Å². The van der Waals surface area contributed by atoms with Crippen LogP contribution in [0.1, 0.15) is 50.7 Å². The molecular formula is C48H42IrN6-4. The molecule has 1 radical (unpaired) electrons. The van der Waals surface area contributed by atoms with Gasteiger partial charge in [-0.1, -0.05) is 94.4 Å². The van der Waals surface area contributed by atoms with Crippen molar-refractivity contribution < 1.29 is 20.1 Å². The quantitative estimate of drug-likeness (QED) is 0.148. The van der Waals surface area contributed by atoms with E-state index >= 15 is 0 Å². The van der Waals surface area contributed by atoms with Crippen LogP contribution in [0.25, 0.3) is 11.3 Å². The van der Waals surface area contributed by atoms with E-state index in [1.54, 1.807) is 0 Å². The predicted octanol–water partition coefficient (Wildman–Crippen LogP) is 12.5. The Morgan fingerprint density at radius 2 is 0.982 bits per heavy atom. The van der Waals surface area contributed by atoms with Gasteiger partial charge in [-0.25, -0.2) is 9.97 Å². The number of nitrogens with zero attached hydrogens (tertiary/aromatic N) is 6. The Kier molecular flexibility index (Phi) is 11.4. The van der Waals surface area contributed by atoms with E-state index in [0.717, 1.165) is 40.1 Å². The van der Waals surface area contributed by atoms with Gasteiger partial charge in [0.05, 0.1) is 11.9 Å². The summed E-state index contributed by atoms with van der Waals surface area (Å²) in [6, 6.07) is 58.3. The van der Waals surface area contributed by atoms with E-state index in [2.05, 4.69) is 151 Å². The number of fused-ring (bicyclic) bond motifs is 2. The summed E-state index contributed by atoms with van der Waals surface area (Å²) in [5, 5.41) is 0. The number of para-hydroxylation sites is 6. The Bertz CT molecular complexity index is 2230. The Morgan fingerprint density at radius 1 is 0.491 bits per heavy atom. The van der Waals surface area contributed by atoms with E-state index in [-0.39, 0.29) is 20.1 Å². The minimum Gasteiger partial charge on any atom is -0.493 e. The third-order valence-corrected chi connectivity index (χ3v) is 9.66. The molecule has 7 aromatic rings. The largest absolute Gasteiger partial charge is 0.493 e. The molecule has 0 atom stereocenters. The molecule has 0 unspecified atom stereocenters. The Hall–Kier alpha value is -5.75. The van der Waals surface area contributed by atoms with Crippen LogP contribution in [0, 0.1) is 25.5 Å². The van der Waals surface area contributed by atoms with E-state index in [9.17, 15) is 0 Å². The van der Waals surface area contributed by atoms with Crippen molar-refractivity contribution in [2.45, 2.75) is 39.5 Å². The minimum absolute atomic E-state index is 0. The van der Waals surface area contributed by atoms with E-state index in [0.29, 0.717) is 11.8 Å². The van der Waals surface area contributed by atoms with Gasteiger partial charge in [0, 0.05) is 48.4 Å². The van der Waals surface area contributed by atoms with E-state index in [1.807, 2.05) is 79.6 Å². The first-order chi connectivity index (χ1) is 26.5. The first-order valence-electron chi connectivity index (χ1n) is 18.5. The normalized spacial score (nSPS) is 13.0. The summed E-state index contributed by atoms with van der Waals surface area (Å²) in [7, 11) is 0. The van der Waals surface area contributed by atoms with Crippen LogP contribution in [-0.4, -0.2) is 9.97 Å². The molecule has 2 aliphatic heterocycles.